The molecule has 0 aliphatic carbocycles. The fourth-order valence-electron chi connectivity index (χ4n) is 2.23. The Morgan fingerprint density at radius 2 is 1.75 bits per heavy atom. The first-order valence-corrected chi connectivity index (χ1v) is 6.07. The Kier molecular flexibility index (Phi) is 2.78. The first-order chi connectivity index (χ1) is 9.47. The Morgan fingerprint density at radius 3 is 2.40 bits per heavy atom. The van der Waals surface area contributed by atoms with E-state index in [4.69, 9.17) is 0 Å². The van der Waals surface area contributed by atoms with Crippen molar-refractivity contribution in [1.82, 2.24) is 9.55 Å². The summed E-state index contributed by atoms with van der Waals surface area (Å²) < 4.78 is 39.5. The van der Waals surface area contributed by atoms with Gasteiger partial charge < -0.3 is 4.57 Å². The van der Waals surface area contributed by atoms with Gasteiger partial charge >= 0.3 is 6.18 Å². The lowest BCUT2D eigenvalue weighted by molar-refractivity contribution is -0.137. The van der Waals surface area contributed by atoms with Crippen LogP contribution in [0.25, 0.3) is 16.7 Å². The van der Waals surface area contributed by atoms with E-state index in [1.807, 2.05) is 25.3 Å². The molecule has 0 amide bonds. The molecule has 102 valence electrons. The molecule has 0 saturated heterocycles. The summed E-state index contributed by atoms with van der Waals surface area (Å²) in [6.45, 7) is 1.95. The van der Waals surface area contributed by atoms with E-state index < -0.39 is 11.7 Å². The third kappa shape index (κ3) is 2.05. The van der Waals surface area contributed by atoms with Gasteiger partial charge in [-0.15, -0.1) is 0 Å². The minimum atomic E-state index is -4.31. The van der Waals surface area contributed by atoms with Crippen molar-refractivity contribution in [3.63, 3.8) is 0 Å². The minimum Gasteiger partial charge on any atom is -0.301 e. The first kappa shape index (κ1) is 12.7. The molecule has 0 radical (unpaired) electrons. The van der Waals surface area contributed by atoms with E-state index in [9.17, 15) is 13.2 Å². The van der Waals surface area contributed by atoms with Crippen LogP contribution in [0.2, 0.25) is 0 Å². The van der Waals surface area contributed by atoms with Crippen molar-refractivity contribution in [2.75, 3.05) is 0 Å². The third-order valence-corrected chi connectivity index (χ3v) is 3.24. The SMILES string of the molecule is Cc1cn(-c2ccc(C(F)(F)F)cc2)c2ncccc12. The van der Waals surface area contributed by atoms with Gasteiger partial charge in [0.2, 0.25) is 0 Å². The van der Waals surface area contributed by atoms with Crippen LogP contribution in [0.4, 0.5) is 13.2 Å². The molecule has 20 heavy (non-hydrogen) atoms. The molecule has 2 nitrogen and oxygen atoms in total. The van der Waals surface area contributed by atoms with Gasteiger partial charge in [0.1, 0.15) is 5.65 Å². The summed E-state index contributed by atoms with van der Waals surface area (Å²) in [5, 5.41) is 0.993. The number of aromatic nitrogens is 2. The molecule has 0 unspecified atom stereocenters. The van der Waals surface area contributed by atoms with Gasteiger partial charge in [0.05, 0.1) is 5.56 Å². The van der Waals surface area contributed by atoms with E-state index in [2.05, 4.69) is 4.98 Å². The lowest BCUT2D eigenvalue weighted by atomic mass is 10.2. The maximum absolute atomic E-state index is 12.6. The Morgan fingerprint density at radius 1 is 1.05 bits per heavy atom. The smallest absolute Gasteiger partial charge is 0.301 e. The van der Waals surface area contributed by atoms with Crippen LogP contribution in [0.15, 0.2) is 48.8 Å². The zero-order chi connectivity index (χ0) is 14.3. The van der Waals surface area contributed by atoms with Crippen LogP contribution < -0.4 is 0 Å². The molecule has 5 heteroatoms. The number of aryl methyl sites for hydroxylation is 1. The number of nitrogens with zero attached hydrogens (tertiary/aromatic N) is 2. The summed E-state index contributed by atoms with van der Waals surface area (Å²) in [4.78, 5) is 4.29. The summed E-state index contributed by atoms with van der Waals surface area (Å²) in [5.74, 6) is 0. The highest BCUT2D eigenvalue weighted by molar-refractivity contribution is 5.81. The van der Waals surface area contributed by atoms with Gasteiger partial charge in [-0.1, -0.05) is 0 Å². The van der Waals surface area contributed by atoms with Gasteiger partial charge in [0.15, 0.2) is 0 Å². The predicted molar refractivity (Wildman–Crippen MR) is 70.8 cm³/mol. The molecule has 0 fully saturated rings. The molecule has 0 saturated carbocycles. The predicted octanol–water partition coefficient (Wildman–Crippen LogP) is 4.35. The Bertz CT molecular complexity index is 755. The number of pyridine rings is 1. The molecule has 0 bridgehead atoms. The van der Waals surface area contributed by atoms with Gasteiger partial charge in [-0.05, 0) is 48.9 Å². The topological polar surface area (TPSA) is 17.8 Å². The van der Waals surface area contributed by atoms with Gasteiger partial charge in [-0.3, -0.25) is 0 Å². The van der Waals surface area contributed by atoms with Crippen LogP contribution in [-0.2, 0) is 6.18 Å². The Hall–Kier alpha value is -2.30. The fraction of sp³-hybridized carbons (Fsp3) is 0.133. The van der Waals surface area contributed by atoms with Crippen LogP contribution in [0.3, 0.4) is 0 Å². The largest absolute Gasteiger partial charge is 0.416 e. The van der Waals surface area contributed by atoms with Crippen molar-refractivity contribution in [1.29, 1.82) is 0 Å². The molecule has 0 atom stereocenters. The van der Waals surface area contributed by atoms with E-state index in [0.717, 1.165) is 28.7 Å². The second-order valence-corrected chi connectivity index (χ2v) is 4.60. The normalized spacial score (nSPS) is 12.0. The van der Waals surface area contributed by atoms with E-state index in [0.29, 0.717) is 5.69 Å². The summed E-state index contributed by atoms with van der Waals surface area (Å²) in [7, 11) is 0. The van der Waals surface area contributed by atoms with Crippen LogP contribution in [0, 0.1) is 6.92 Å². The average Bonchev–Trinajstić information content (AvgIpc) is 2.76. The first-order valence-electron chi connectivity index (χ1n) is 6.07. The highest BCUT2D eigenvalue weighted by Crippen LogP contribution is 2.30. The second-order valence-electron chi connectivity index (χ2n) is 4.60. The number of hydrogen-bond donors (Lipinski definition) is 0. The Balaban J connectivity index is 2.12. The monoisotopic (exact) mass is 276 g/mol. The molecule has 0 aliphatic rings. The van der Waals surface area contributed by atoms with Crippen molar-refractivity contribution < 1.29 is 13.2 Å². The summed E-state index contributed by atoms with van der Waals surface area (Å²) in [5.41, 5.74) is 1.79. The molecule has 0 spiro atoms. The molecule has 3 rings (SSSR count). The number of halogens is 3. The lowest BCUT2D eigenvalue weighted by Gasteiger charge is -2.08. The van der Waals surface area contributed by atoms with Crippen molar-refractivity contribution >= 4 is 11.0 Å². The maximum Gasteiger partial charge on any atom is 0.416 e. The molecule has 2 aromatic heterocycles. The van der Waals surface area contributed by atoms with Gasteiger partial charge in [-0.2, -0.15) is 13.2 Å². The molecular weight excluding hydrogens is 265 g/mol. The second kappa shape index (κ2) is 4.37. The van der Waals surface area contributed by atoms with Crippen LogP contribution in [-0.4, -0.2) is 9.55 Å². The molecule has 0 aliphatic heterocycles. The van der Waals surface area contributed by atoms with Gasteiger partial charge in [0, 0.05) is 23.5 Å². The van der Waals surface area contributed by atoms with E-state index in [-0.39, 0.29) is 0 Å². The quantitative estimate of drug-likeness (QED) is 0.646. The number of rotatable bonds is 1. The molecular formula is C15H11F3N2. The van der Waals surface area contributed by atoms with Gasteiger partial charge in [0.25, 0.3) is 0 Å². The van der Waals surface area contributed by atoms with E-state index in [1.54, 1.807) is 10.8 Å². The summed E-state index contributed by atoms with van der Waals surface area (Å²) >= 11 is 0. The molecule has 3 aromatic rings. The molecule has 1 aromatic carbocycles. The fourth-order valence-corrected chi connectivity index (χ4v) is 2.23. The summed E-state index contributed by atoms with van der Waals surface area (Å²) in [6, 6.07) is 8.86. The van der Waals surface area contributed by atoms with E-state index >= 15 is 0 Å². The number of benzene rings is 1. The molecule has 2 heterocycles. The van der Waals surface area contributed by atoms with E-state index in [1.165, 1.54) is 12.1 Å². The van der Waals surface area contributed by atoms with Gasteiger partial charge in [-0.25, -0.2) is 4.98 Å². The van der Waals surface area contributed by atoms with Crippen molar-refractivity contribution in [3.05, 3.63) is 59.9 Å². The lowest BCUT2D eigenvalue weighted by Crippen LogP contribution is -2.04. The standard InChI is InChI=1S/C15H11F3N2/c1-10-9-20(14-13(10)3-2-8-19-14)12-6-4-11(5-7-12)15(16,17)18/h2-9H,1H3. The minimum absolute atomic E-state index is 0.651. The average molecular weight is 276 g/mol. The van der Waals surface area contributed by atoms with Crippen LogP contribution >= 0.6 is 0 Å². The zero-order valence-corrected chi connectivity index (χ0v) is 10.6. The number of alkyl halides is 3. The third-order valence-electron chi connectivity index (χ3n) is 3.24. The van der Waals surface area contributed by atoms with Crippen molar-refractivity contribution in [2.45, 2.75) is 13.1 Å². The van der Waals surface area contributed by atoms with Crippen LogP contribution in [0.1, 0.15) is 11.1 Å². The summed E-state index contributed by atoms with van der Waals surface area (Å²) in [6.07, 6.45) is -0.770. The van der Waals surface area contributed by atoms with Crippen molar-refractivity contribution in [3.8, 4) is 5.69 Å². The highest BCUT2D eigenvalue weighted by Gasteiger charge is 2.30. The number of fused-ring (bicyclic) bond motifs is 1. The highest BCUT2D eigenvalue weighted by atomic mass is 19.4. The Labute approximate surface area is 113 Å². The molecule has 0 N–H and O–H groups in total. The number of hydrogen-bond acceptors (Lipinski definition) is 1. The van der Waals surface area contributed by atoms with Crippen molar-refractivity contribution in [2.24, 2.45) is 0 Å². The van der Waals surface area contributed by atoms with Crippen LogP contribution in [0.5, 0.6) is 0 Å². The zero-order valence-electron chi connectivity index (χ0n) is 10.6. The maximum atomic E-state index is 12.6.